The summed E-state index contributed by atoms with van der Waals surface area (Å²) in [6, 6.07) is 22.2. The highest BCUT2D eigenvalue weighted by Gasteiger charge is 2.20. The van der Waals surface area contributed by atoms with E-state index in [-0.39, 0.29) is 48.7 Å². The van der Waals surface area contributed by atoms with Crippen LogP contribution < -0.4 is 15.2 Å². The lowest BCUT2D eigenvalue weighted by molar-refractivity contribution is -0.380. The topological polar surface area (TPSA) is 122 Å². The minimum Gasteiger partial charge on any atom is -0.487 e. The lowest BCUT2D eigenvalue weighted by Crippen LogP contribution is -1.98. The van der Waals surface area contributed by atoms with Crippen molar-refractivity contribution in [3.05, 3.63) is 104 Å². The first-order valence-corrected chi connectivity index (χ1v) is 12.4. The van der Waals surface area contributed by atoms with Gasteiger partial charge in [0.05, 0.1) is 16.0 Å². The first kappa shape index (κ1) is 32.0. The van der Waals surface area contributed by atoms with Crippen molar-refractivity contribution in [2.75, 3.05) is 5.73 Å². The molecule has 0 bridgehead atoms. The van der Waals surface area contributed by atoms with Gasteiger partial charge in [0, 0.05) is 19.9 Å². The van der Waals surface area contributed by atoms with Crippen molar-refractivity contribution >= 4 is 44.2 Å². The van der Waals surface area contributed by atoms with Gasteiger partial charge < -0.3 is 15.2 Å². The van der Waals surface area contributed by atoms with E-state index in [1.165, 1.54) is 31.3 Å². The zero-order chi connectivity index (χ0) is 26.1. The Balaban J connectivity index is 0.000000363. The number of anilines is 1. The molecule has 10 heteroatoms. The minimum absolute atomic E-state index is 0. The molecule has 0 fully saturated rings. The monoisotopic (exact) mass is 556 g/mol. The fourth-order valence-electron chi connectivity index (χ4n) is 3.02. The maximum atomic E-state index is 11.4. The highest BCUT2D eigenvalue weighted by molar-refractivity contribution is 7.18. The summed E-state index contributed by atoms with van der Waals surface area (Å²) in [5, 5.41) is 11.2. The van der Waals surface area contributed by atoms with Crippen molar-refractivity contribution < 1.29 is 24.0 Å². The number of benzene rings is 2. The second-order valence-corrected chi connectivity index (χ2v) is 9.65. The molecule has 0 saturated carbocycles. The predicted octanol–water partition coefficient (Wildman–Crippen LogP) is 7.82. The number of nitrogen functional groups attached to an aromatic ring is 1. The van der Waals surface area contributed by atoms with Gasteiger partial charge in [-0.3, -0.25) is 19.7 Å². The number of hydrogen-bond donors (Lipinski definition) is 1. The number of nitro groups is 1. The standard InChI is InChI=1S/C13H11NO4S.C13H13NO2S.2CH4/c1-9(15)13-11(7-12(19-13)14(16)17)18-8-10-5-3-2-4-6-10;1-9(15)13-11(7-12(14)17-13)16-8-10-5-3-2-4-6-10;;/h2-7H,8H2,1H3;2-7H,8,14H2,1H3;2*1H4. The quantitative estimate of drug-likeness (QED) is 0.127. The van der Waals surface area contributed by atoms with Gasteiger partial charge >= 0.3 is 5.00 Å². The number of hydrogen-bond acceptors (Lipinski definition) is 9. The number of ketones is 2. The molecule has 0 amide bonds. The van der Waals surface area contributed by atoms with Gasteiger partial charge in [0.1, 0.15) is 34.5 Å². The largest absolute Gasteiger partial charge is 0.487 e. The van der Waals surface area contributed by atoms with Gasteiger partial charge in [0.2, 0.25) is 0 Å². The third-order valence-corrected chi connectivity index (χ3v) is 6.91. The van der Waals surface area contributed by atoms with E-state index in [0.29, 0.717) is 22.2 Å². The molecule has 0 atom stereocenters. The van der Waals surface area contributed by atoms with E-state index in [2.05, 4.69) is 0 Å². The van der Waals surface area contributed by atoms with Crippen LogP contribution in [-0.2, 0) is 13.2 Å². The number of ether oxygens (including phenoxy) is 2. The lowest BCUT2D eigenvalue weighted by atomic mass is 10.2. The average molecular weight is 557 g/mol. The molecule has 202 valence electrons. The Morgan fingerprint density at radius 1 is 0.789 bits per heavy atom. The fourth-order valence-corrected chi connectivity index (χ4v) is 4.60. The van der Waals surface area contributed by atoms with Crippen LogP contribution in [0, 0.1) is 10.1 Å². The molecular weight excluding hydrogens is 524 g/mol. The first-order chi connectivity index (χ1) is 17.2. The van der Waals surface area contributed by atoms with Gasteiger partial charge in [-0.15, -0.1) is 11.3 Å². The number of nitrogens with two attached hydrogens (primary N) is 1. The average Bonchev–Trinajstić information content (AvgIpc) is 3.47. The molecular formula is C28H32N2O6S2. The number of nitrogens with zero attached hydrogens (tertiary/aromatic N) is 1. The summed E-state index contributed by atoms with van der Waals surface area (Å²) in [7, 11) is 0. The van der Waals surface area contributed by atoms with Gasteiger partial charge in [-0.2, -0.15) is 0 Å². The second kappa shape index (κ2) is 15.3. The van der Waals surface area contributed by atoms with E-state index in [0.717, 1.165) is 22.5 Å². The highest BCUT2D eigenvalue weighted by atomic mass is 32.1. The Labute approximate surface area is 230 Å². The zero-order valence-electron chi connectivity index (χ0n) is 19.6. The van der Waals surface area contributed by atoms with Crippen LogP contribution in [-0.4, -0.2) is 16.5 Å². The van der Waals surface area contributed by atoms with Gasteiger partial charge in [-0.1, -0.05) is 86.9 Å². The van der Waals surface area contributed by atoms with Crippen LogP contribution in [0.1, 0.15) is 59.2 Å². The number of carbonyl (C=O) groups excluding carboxylic acids is 2. The van der Waals surface area contributed by atoms with E-state index in [4.69, 9.17) is 15.2 Å². The van der Waals surface area contributed by atoms with E-state index < -0.39 is 4.92 Å². The lowest BCUT2D eigenvalue weighted by Gasteiger charge is -2.05. The maximum absolute atomic E-state index is 11.4. The van der Waals surface area contributed by atoms with Crippen molar-refractivity contribution in [2.45, 2.75) is 41.9 Å². The first-order valence-electron chi connectivity index (χ1n) is 10.8. The summed E-state index contributed by atoms with van der Waals surface area (Å²) >= 11 is 2.10. The molecule has 4 aromatic rings. The molecule has 38 heavy (non-hydrogen) atoms. The summed E-state index contributed by atoms with van der Waals surface area (Å²) in [5.74, 6) is 0.591. The number of rotatable bonds is 9. The Hall–Kier alpha value is -4.02. The molecule has 2 aromatic heterocycles. The van der Waals surface area contributed by atoms with Crippen LogP contribution in [0.4, 0.5) is 10.0 Å². The molecule has 2 aromatic carbocycles. The molecule has 0 aliphatic carbocycles. The molecule has 0 unspecified atom stereocenters. The summed E-state index contributed by atoms with van der Waals surface area (Å²) in [6.07, 6.45) is 0. The molecule has 0 aliphatic rings. The Morgan fingerprint density at radius 2 is 1.21 bits per heavy atom. The minimum atomic E-state index is -0.521. The van der Waals surface area contributed by atoms with E-state index in [1.54, 1.807) is 6.07 Å². The van der Waals surface area contributed by atoms with Crippen LogP contribution >= 0.6 is 22.7 Å². The van der Waals surface area contributed by atoms with Crippen molar-refractivity contribution in [2.24, 2.45) is 0 Å². The molecule has 4 rings (SSSR count). The van der Waals surface area contributed by atoms with Crippen molar-refractivity contribution in [1.82, 2.24) is 0 Å². The number of Topliss-reactive ketones (excluding diaryl/α,β-unsaturated/α-hetero) is 2. The molecule has 2 N–H and O–H groups in total. The summed E-state index contributed by atoms with van der Waals surface area (Å²) in [5.41, 5.74) is 7.67. The van der Waals surface area contributed by atoms with Crippen molar-refractivity contribution in [3.8, 4) is 11.5 Å². The number of carbonyl (C=O) groups is 2. The maximum Gasteiger partial charge on any atom is 0.328 e. The molecule has 0 spiro atoms. The highest BCUT2D eigenvalue weighted by Crippen LogP contribution is 2.35. The second-order valence-electron chi connectivity index (χ2n) is 7.54. The summed E-state index contributed by atoms with van der Waals surface area (Å²) in [6.45, 7) is 3.60. The van der Waals surface area contributed by atoms with Gasteiger partial charge in [0.25, 0.3) is 0 Å². The fraction of sp³-hybridized carbons (Fsp3) is 0.214. The van der Waals surface area contributed by atoms with Crippen molar-refractivity contribution in [3.63, 3.8) is 0 Å². The Kier molecular flexibility index (Phi) is 12.9. The number of thiophene rings is 2. The van der Waals surface area contributed by atoms with Crippen LogP contribution in [0.25, 0.3) is 0 Å². The normalized spacial score (nSPS) is 9.63. The third kappa shape index (κ3) is 9.13. The molecule has 8 nitrogen and oxygen atoms in total. The smallest absolute Gasteiger partial charge is 0.328 e. The van der Waals surface area contributed by atoms with Crippen LogP contribution in [0.3, 0.4) is 0 Å². The van der Waals surface area contributed by atoms with Gasteiger partial charge in [-0.05, 0) is 11.1 Å². The molecule has 2 heterocycles. The Morgan fingerprint density at radius 3 is 1.63 bits per heavy atom. The third-order valence-electron chi connectivity index (χ3n) is 4.70. The van der Waals surface area contributed by atoms with Crippen LogP contribution in [0.15, 0.2) is 72.8 Å². The van der Waals surface area contributed by atoms with Crippen molar-refractivity contribution in [1.29, 1.82) is 0 Å². The van der Waals surface area contributed by atoms with Crippen LogP contribution in [0.2, 0.25) is 0 Å². The summed E-state index contributed by atoms with van der Waals surface area (Å²) < 4.78 is 11.1. The Bertz CT molecular complexity index is 1330. The van der Waals surface area contributed by atoms with E-state index in [1.807, 2.05) is 60.7 Å². The van der Waals surface area contributed by atoms with Gasteiger partial charge in [0.15, 0.2) is 11.6 Å². The van der Waals surface area contributed by atoms with Crippen LogP contribution in [0.5, 0.6) is 11.5 Å². The molecule has 0 radical (unpaired) electrons. The van der Waals surface area contributed by atoms with Gasteiger partial charge in [-0.25, -0.2) is 0 Å². The zero-order valence-corrected chi connectivity index (χ0v) is 21.3. The predicted molar refractivity (Wildman–Crippen MR) is 155 cm³/mol. The summed E-state index contributed by atoms with van der Waals surface area (Å²) in [4.78, 5) is 33.8. The van der Waals surface area contributed by atoms with E-state index in [9.17, 15) is 19.7 Å². The molecule has 0 saturated heterocycles. The van der Waals surface area contributed by atoms with E-state index >= 15 is 0 Å². The molecule has 0 aliphatic heterocycles. The SMILES string of the molecule is C.C.CC(=O)c1sc(N)cc1OCc1ccccc1.CC(=O)c1sc([N+](=O)[O-])cc1OCc1ccccc1.